The van der Waals surface area contributed by atoms with Gasteiger partial charge in [0.1, 0.15) is 0 Å². The second-order valence-electron chi connectivity index (χ2n) is 4.60. The summed E-state index contributed by atoms with van der Waals surface area (Å²) in [5.74, 6) is -1.53. The molecule has 0 amide bonds. The van der Waals surface area contributed by atoms with Crippen molar-refractivity contribution < 1.29 is 8.78 Å². The number of nitrogens with two attached hydrogens (primary N) is 1. The lowest BCUT2D eigenvalue weighted by Crippen LogP contribution is -2.03. The first-order valence-electron chi connectivity index (χ1n) is 6.16. The van der Waals surface area contributed by atoms with Crippen LogP contribution in [0.1, 0.15) is 5.56 Å². The molecule has 0 aliphatic carbocycles. The Kier molecular flexibility index (Phi) is 3.09. The van der Waals surface area contributed by atoms with Crippen LogP contribution in [0.2, 0.25) is 0 Å². The molecule has 7 heteroatoms. The van der Waals surface area contributed by atoms with Crippen molar-refractivity contribution in [3.8, 4) is 17.1 Å². The van der Waals surface area contributed by atoms with Crippen molar-refractivity contribution in [1.82, 2.24) is 20.2 Å². The quantitative estimate of drug-likeness (QED) is 0.735. The Hall–Kier alpha value is -2.83. The van der Waals surface area contributed by atoms with Crippen molar-refractivity contribution >= 4 is 5.69 Å². The predicted octanol–water partition coefficient (Wildman–Crippen LogP) is 2.50. The monoisotopic (exact) mass is 287 g/mol. The number of hydrogen-bond acceptors (Lipinski definition) is 4. The molecular weight excluding hydrogens is 276 g/mol. The number of halogens is 2. The van der Waals surface area contributed by atoms with Gasteiger partial charge in [-0.1, -0.05) is 11.6 Å². The molecule has 2 aromatic carbocycles. The summed E-state index contributed by atoms with van der Waals surface area (Å²) in [6.45, 7) is 1.91. The van der Waals surface area contributed by atoms with Crippen LogP contribution in [0.3, 0.4) is 0 Å². The van der Waals surface area contributed by atoms with Gasteiger partial charge in [0.05, 0.1) is 5.69 Å². The molecule has 0 aliphatic rings. The van der Waals surface area contributed by atoms with E-state index in [0.29, 0.717) is 22.8 Å². The molecule has 3 aromatic rings. The molecule has 21 heavy (non-hydrogen) atoms. The summed E-state index contributed by atoms with van der Waals surface area (Å²) in [6.07, 6.45) is 0. The van der Waals surface area contributed by atoms with Gasteiger partial charge in [-0.2, -0.15) is 4.68 Å². The molecule has 0 unspecified atom stereocenters. The number of tetrazole rings is 1. The number of aryl methyl sites for hydroxylation is 1. The van der Waals surface area contributed by atoms with Crippen LogP contribution in [0.4, 0.5) is 14.5 Å². The van der Waals surface area contributed by atoms with Gasteiger partial charge in [-0.3, -0.25) is 0 Å². The number of nitrogen functional groups attached to an aromatic ring is 1. The van der Waals surface area contributed by atoms with Gasteiger partial charge in [-0.25, -0.2) is 8.78 Å². The third-order valence-electron chi connectivity index (χ3n) is 3.07. The summed E-state index contributed by atoms with van der Waals surface area (Å²) in [6, 6.07) is 8.89. The highest BCUT2D eigenvalue weighted by Crippen LogP contribution is 2.26. The van der Waals surface area contributed by atoms with Crippen molar-refractivity contribution in [2.75, 3.05) is 5.73 Å². The van der Waals surface area contributed by atoms with Crippen molar-refractivity contribution in [1.29, 1.82) is 0 Å². The summed E-state index contributed by atoms with van der Waals surface area (Å²) in [5, 5.41) is 11.3. The Morgan fingerprint density at radius 2 is 1.86 bits per heavy atom. The molecular formula is C14H11F2N5. The van der Waals surface area contributed by atoms with Crippen LogP contribution >= 0.6 is 0 Å². The second kappa shape index (κ2) is 4.93. The standard InChI is InChI=1S/C14H11F2N5/c1-8-2-5-13(17)10(6-8)14-18-19-20-21(14)9-3-4-11(15)12(16)7-9/h2-7H,17H2,1H3. The maximum atomic E-state index is 13.4. The molecule has 0 atom stereocenters. The molecule has 0 bridgehead atoms. The van der Waals surface area contributed by atoms with E-state index in [2.05, 4.69) is 15.5 Å². The molecule has 0 fully saturated rings. The zero-order valence-electron chi connectivity index (χ0n) is 11.1. The summed E-state index contributed by atoms with van der Waals surface area (Å²) >= 11 is 0. The number of anilines is 1. The van der Waals surface area contributed by atoms with Gasteiger partial charge in [0.2, 0.25) is 0 Å². The molecule has 0 radical (unpaired) electrons. The van der Waals surface area contributed by atoms with E-state index in [0.717, 1.165) is 17.7 Å². The molecule has 0 saturated carbocycles. The lowest BCUT2D eigenvalue weighted by molar-refractivity contribution is 0.507. The van der Waals surface area contributed by atoms with Crippen LogP contribution in [0.5, 0.6) is 0 Å². The van der Waals surface area contributed by atoms with Gasteiger partial charge in [-0.15, -0.1) is 5.10 Å². The van der Waals surface area contributed by atoms with Crippen LogP contribution in [0, 0.1) is 18.6 Å². The van der Waals surface area contributed by atoms with Crippen molar-refractivity contribution in [2.24, 2.45) is 0 Å². The fraction of sp³-hybridized carbons (Fsp3) is 0.0714. The Morgan fingerprint density at radius 3 is 2.62 bits per heavy atom. The predicted molar refractivity (Wildman–Crippen MR) is 73.7 cm³/mol. The van der Waals surface area contributed by atoms with Gasteiger partial charge < -0.3 is 5.73 Å². The molecule has 1 heterocycles. The van der Waals surface area contributed by atoms with Crippen molar-refractivity contribution in [3.05, 3.63) is 53.6 Å². The highest BCUT2D eigenvalue weighted by Gasteiger charge is 2.15. The summed E-state index contributed by atoms with van der Waals surface area (Å²) in [5.41, 5.74) is 8.37. The number of rotatable bonds is 2. The number of aromatic nitrogens is 4. The Balaban J connectivity index is 2.17. The number of benzene rings is 2. The minimum atomic E-state index is -0.967. The lowest BCUT2D eigenvalue weighted by Gasteiger charge is -2.08. The molecule has 5 nitrogen and oxygen atoms in total. The largest absolute Gasteiger partial charge is 0.398 e. The van der Waals surface area contributed by atoms with E-state index in [1.54, 1.807) is 6.07 Å². The van der Waals surface area contributed by atoms with Crippen molar-refractivity contribution in [2.45, 2.75) is 6.92 Å². The Morgan fingerprint density at radius 1 is 1.05 bits per heavy atom. The SMILES string of the molecule is Cc1ccc(N)c(-c2nnnn2-c2ccc(F)c(F)c2)c1. The van der Waals surface area contributed by atoms with Crippen LogP contribution in [0.25, 0.3) is 17.1 Å². The zero-order valence-corrected chi connectivity index (χ0v) is 11.1. The van der Waals surface area contributed by atoms with Crippen LogP contribution < -0.4 is 5.73 Å². The average molecular weight is 287 g/mol. The van der Waals surface area contributed by atoms with Crippen LogP contribution in [-0.4, -0.2) is 20.2 Å². The first kappa shape index (κ1) is 13.2. The molecule has 1 aromatic heterocycles. The van der Waals surface area contributed by atoms with Crippen LogP contribution in [-0.2, 0) is 0 Å². The van der Waals surface area contributed by atoms with E-state index >= 15 is 0 Å². The zero-order chi connectivity index (χ0) is 15.0. The maximum absolute atomic E-state index is 13.4. The van der Waals surface area contributed by atoms with E-state index in [-0.39, 0.29) is 0 Å². The van der Waals surface area contributed by atoms with E-state index < -0.39 is 11.6 Å². The van der Waals surface area contributed by atoms with E-state index in [1.165, 1.54) is 10.7 Å². The molecule has 0 spiro atoms. The Labute approximate surface area is 119 Å². The van der Waals surface area contributed by atoms with Gasteiger partial charge in [0.25, 0.3) is 0 Å². The van der Waals surface area contributed by atoms with Gasteiger partial charge in [0, 0.05) is 17.3 Å². The second-order valence-corrected chi connectivity index (χ2v) is 4.60. The van der Waals surface area contributed by atoms with E-state index in [9.17, 15) is 8.78 Å². The molecule has 3 rings (SSSR count). The van der Waals surface area contributed by atoms with E-state index in [4.69, 9.17) is 5.73 Å². The number of hydrogen-bond donors (Lipinski definition) is 1. The third kappa shape index (κ3) is 2.33. The van der Waals surface area contributed by atoms with E-state index in [1.807, 2.05) is 19.1 Å². The number of nitrogens with zero attached hydrogens (tertiary/aromatic N) is 4. The smallest absolute Gasteiger partial charge is 0.189 e. The van der Waals surface area contributed by atoms with Gasteiger partial charge in [0.15, 0.2) is 17.5 Å². The maximum Gasteiger partial charge on any atom is 0.189 e. The minimum Gasteiger partial charge on any atom is -0.398 e. The van der Waals surface area contributed by atoms with Crippen LogP contribution in [0.15, 0.2) is 36.4 Å². The molecule has 0 aliphatic heterocycles. The topological polar surface area (TPSA) is 69.6 Å². The molecule has 2 N–H and O–H groups in total. The fourth-order valence-corrected chi connectivity index (χ4v) is 2.01. The fourth-order valence-electron chi connectivity index (χ4n) is 2.01. The molecule has 106 valence electrons. The van der Waals surface area contributed by atoms with Crippen molar-refractivity contribution in [3.63, 3.8) is 0 Å². The minimum absolute atomic E-state index is 0.315. The highest BCUT2D eigenvalue weighted by atomic mass is 19.2. The average Bonchev–Trinajstić information content (AvgIpc) is 2.93. The molecule has 0 saturated heterocycles. The highest BCUT2D eigenvalue weighted by molar-refractivity contribution is 5.73. The lowest BCUT2D eigenvalue weighted by atomic mass is 10.1. The first-order chi connectivity index (χ1) is 10.1. The first-order valence-corrected chi connectivity index (χ1v) is 6.16. The third-order valence-corrected chi connectivity index (χ3v) is 3.07. The summed E-state index contributed by atoms with van der Waals surface area (Å²) in [4.78, 5) is 0. The van der Waals surface area contributed by atoms with Gasteiger partial charge in [-0.05, 0) is 41.6 Å². The normalized spacial score (nSPS) is 10.8. The summed E-state index contributed by atoms with van der Waals surface area (Å²) in [7, 11) is 0. The van der Waals surface area contributed by atoms with Gasteiger partial charge >= 0.3 is 0 Å². The summed E-state index contributed by atoms with van der Waals surface area (Å²) < 4.78 is 27.7. The Bertz CT molecular complexity index is 813.